The van der Waals surface area contributed by atoms with Crippen molar-refractivity contribution in [3.63, 3.8) is 0 Å². The molecule has 50 heavy (non-hydrogen) atoms. The molecule has 1 saturated carbocycles. The summed E-state index contributed by atoms with van der Waals surface area (Å²) in [4.78, 5) is 20.3. The van der Waals surface area contributed by atoms with Gasteiger partial charge in [-0.3, -0.25) is 9.59 Å². The molecule has 2 aromatic rings. The van der Waals surface area contributed by atoms with Gasteiger partial charge in [-0.05, 0) is 92.9 Å². The first kappa shape index (κ1) is 39.9. The molecule has 0 aromatic heterocycles. The lowest BCUT2D eigenvalue weighted by molar-refractivity contribution is -0.231. The number of hydrogen-bond donors (Lipinski definition) is 8. The molecule has 4 aliphatic rings. The summed E-state index contributed by atoms with van der Waals surface area (Å²) in [6.07, 6.45) is 3.30. The smallest absolute Gasteiger partial charge is 0.320 e. The summed E-state index contributed by atoms with van der Waals surface area (Å²) in [6.45, 7) is 2.35. The Hall–Kier alpha value is -2.85. The van der Waals surface area contributed by atoms with E-state index >= 15 is 0 Å². The average Bonchev–Trinajstić information content (AvgIpc) is 3.93. The molecule has 0 spiro atoms. The van der Waals surface area contributed by atoms with Gasteiger partial charge in [0.2, 0.25) is 0 Å². The number of hydrogen-bond acceptors (Lipinski definition) is 11. The number of nitrogens with one attached hydrogen (secondary N) is 2. The number of carboxylic acid groups (broad SMARTS) is 2. The molecule has 0 bridgehead atoms. The highest BCUT2D eigenvalue weighted by Gasteiger charge is 2.44. The van der Waals surface area contributed by atoms with E-state index in [-0.39, 0.29) is 12.1 Å². The molecular weight excluding hydrogens is 672 g/mol. The molecule has 0 radical (unpaired) electrons. The van der Waals surface area contributed by atoms with E-state index in [1.54, 1.807) is 12.1 Å². The average molecular weight is 723 g/mol. The highest BCUT2D eigenvalue weighted by atomic mass is 35.5. The Morgan fingerprint density at radius 3 is 1.94 bits per heavy atom. The lowest BCUT2D eigenvalue weighted by Gasteiger charge is -2.40. The number of rotatable bonds is 11. The molecule has 1 aliphatic carbocycles. The van der Waals surface area contributed by atoms with Crippen molar-refractivity contribution in [2.75, 3.05) is 32.9 Å². The maximum absolute atomic E-state index is 10.4. The lowest BCUT2D eigenvalue weighted by Crippen LogP contribution is -2.55. The summed E-state index contributed by atoms with van der Waals surface area (Å²) in [5.74, 6) is -0.662. The second-order valence-electron chi connectivity index (χ2n) is 13.0. The van der Waals surface area contributed by atoms with Crippen molar-refractivity contribution in [3.05, 3.63) is 64.2 Å². The number of ether oxygens (including phenoxy) is 3. The summed E-state index contributed by atoms with van der Waals surface area (Å²) < 4.78 is 17.3. The zero-order valence-corrected chi connectivity index (χ0v) is 28.9. The SMILES string of the molecule is O=C(O)[C@@H]1CCCN1.O=C(O)[C@@H]1CCCN1.OC[C@H]1O[C@@H](c2ccc(Cl)c(Cc3ccc(OCCOC4CCCC4)cc3)c2)[C@H](O)[C@@H](O)[C@@H]1O. The first-order chi connectivity index (χ1) is 24.1. The zero-order chi connectivity index (χ0) is 36.0. The molecule has 7 atom stereocenters. The van der Waals surface area contributed by atoms with Crippen LogP contribution >= 0.6 is 11.6 Å². The van der Waals surface area contributed by atoms with Gasteiger partial charge in [-0.25, -0.2) is 0 Å². The molecule has 13 nitrogen and oxygen atoms in total. The predicted molar refractivity (Wildman–Crippen MR) is 184 cm³/mol. The van der Waals surface area contributed by atoms with Gasteiger partial charge in [0.1, 0.15) is 55.0 Å². The predicted octanol–water partition coefficient (Wildman–Crippen LogP) is 2.43. The van der Waals surface area contributed by atoms with E-state index in [0.29, 0.717) is 36.3 Å². The Morgan fingerprint density at radius 1 is 0.800 bits per heavy atom. The number of benzene rings is 2. The third-order valence-corrected chi connectivity index (χ3v) is 9.70. The van der Waals surface area contributed by atoms with E-state index in [0.717, 1.165) is 68.5 Å². The Balaban J connectivity index is 0.000000286. The molecule has 0 amide bonds. The second kappa shape index (κ2) is 20.3. The number of halogens is 1. The van der Waals surface area contributed by atoms with Crippen LogP contribution in [0.4, 0.5) is 0 Å². The molecule has 2 aromatic carbocycles. The van der Waals surface area contributed by atoms with Gasteiger partial charge in [0.15, 0.2) is 0 Å². The molecule has 0 unspecified atom stereocenters. The van der Waals surface area contributed by atoms with Crippen LogP contribution in [0.2, 0.25) is 5.02 Å². The summed E-state index contributed by atoms with van der Waals surface area (Å²) in [5, 5.41) is 63.0. The summed E-state index contributed by atoms with van der Waals surface area (Å²) in [6, 6.07) is 12.5. The van der Waals surface area contributed by atoms with Crippen LogP contribution in [0.5, 0.6) is 5.75 Å². The van der Waals surface area contributed by atoms with E-state index in [9.17, 15) is 30.0 Å². The molecule has 4 fully saturated rings. The van der Waals surface area contributed by atoms with Gasteiger partial charge in [-0.15, -0.1) is 0 Å². The minimum Gasteiger partial charge on any atom is -0.491 e. The zero-order valence-electron chi connectivity index (χ0n) is 28.2. The molecule has 3 aliphatic heterocycles. The molecular formula is C36H51ClN2O11. The fraction of sp³-hybridized carbons (Fsp3) is 0.611. The van der Waals surface area contributed by atoms with Crippen LogP contribution in [0.25, 0.3) is 0 Å². The number of carboxylic acids is 2. The van der Waals surface area contributed by atoms with Crippen LogP contribution < -0.4 is 15.4 Å². The van der Waals surface area contributed by atoms with Crippen molar-refractivity contribution in [1.29, 1.82) is 0 Å². The number of carbonyl (C=O) groups is 2. The second-order valence-corrected chi connectivity index (χ2v) is 13.4. The standard InChI is InChI=1S/C26H33ClO7.2C5H9NO2/c27-21-10-7-17(26-25(31)24(30)23(29)22(15-28)34-26)14-18(21)13-16-5-8-20(9-6-16)33-12-11-32-19-3-1-2-4-19;2*7-5(8)4-2-1-3-6-4/h5-10,14,19,22-26,28-31H,1-4,11-13,15H2;2*4,6H,1-3H2,(H,7,8)/t22-,23-,24+,25-,26+;2*4-/m100/s1. The third-order valence-electron chi connectivity index (χ3n) is 9.33. The van der Waals surface area contributed by atoms with Crippen molar-refractivity contribution in [3.8, 4) is 5.75 Å². The molecule has 278 valence electrons. The van der Waals surface area contributed by atoms with Crippen LogP contribution in [0.15, 0.2) is 42.5 Å². The van der Waals surface area contributed by atoms with Gasteiger partial charge in [0.25, 0.3) is 0 Å². The maximum Gasteiger partial charge on any atom is 0.320 e. The first-order valence-electron chi connectivity index (χ1n) is 17.4. The van der Waals surface area contributed by atoms with Crippen molar-refractivity contribution < 1.29 is 54.4 Å². The largest absolute Gasteiger partial charge is 0.491 e. The van der Waals surface area contributed by atoms with Gasteiger partial charge in [0, 0.05) is 5.02 Å². The highest BCUT2D eigenvalue weighted by molar-refractivity contribution is 6.31. The van der Waals surface area contributed by atoms with Gasteiger partial charge in [0.05, 0.1) is 19.3 Å². The van der Waals surface area contributed by atoms with E-state index in [1.165, 1.54) is 12.8 Å². The monoisotopic (exact) mass is 722 g/mol. The lowest BCUT2D eigenvalue weighted by atomic mass is 9.90. The first-order valence-corrected chi connectivity index (χ1v) is 17.8. The van der Waals surface area contributed by atoms with Crippen LogP contribution in [-0.4, -0.2) is 118 Å². The van der Waals surface area contributed by atoms with Crippen molar-refractivity contribution >= 4 is 23.5 Å². The Labute approximate surface area is 297 Å². The van der Waals surface area contributed by atoms with Crippen molar-refractivity contribution in [2.45, 2.75) is 106 Å². The van der Waals surface area contributed by atoms with E-state index in [4.69, 9.17) is 36.0 Å². The Kier molecular flexibility index (Phi) is 16.2. The molecule has 14 heteroatoms. The molecule has 3 heterocycles. The summed E-state index contributed by atoms with van der Waals surface area (Å²) >= 11 is 6.43. The minimum absolute atomic E-state index is 0.269. The Morgan fingerprint density at radius 2 is 1.42 bits per heavy atom. The fourth-order valence-electron chi connectivity index (χ4n) is 6.43. The quantitative estimate of drug-likeness (QED) is 0.157. The summed E-state index contributed by atoms with van der Waals surface area (Å²) in [5.41, 5.74) is 2.47. The summed E-state index contributed by atoms with van der Waals surface area (Å²) in [7, 11) is 0. The number of aliphatic hydroxyl groups excluding tert-OH is 4. The molecule has 6 rings (SSSR count). The van der Waals surface area contributed by atoms with Crippen LogP contribution in [0.1, 0.15) is 74.2 Å². The van der Waals surface area contributed by atoms with Crippen molar-refractivity contribution in [1.82, 2.24) is 10.6 Å². The van der Waals surface area contributed by atoms with E-state index in [2.05, 4.69) is 10.6 Å². The fourth-order valence-corrected chi connectivity index (χ4v) is 6.61. The normalized spacial score (nSPS) is 27.9. The van der Waals surface area contributed by atoms with Crippen LogP contribution in [-0.2, 0) is 25.5 Å². The Bertz CT molecular complexity index is 1300. The van der Waals surface area contributed by atoms with E-state index < -0.39 is 49.1 Å². The maximum atomic E-state index is 10.4. The van der Waals surface area contributed by atoms with Gasteiger partial charge < -0.3 is 55.5 Å². The van der Waals surface area contributed by atoms with Gasteiger partial charge in [-0.2, -0.15) is 0 Å². The number of aliphatic carboxylic acids is 2. The van der Waals surface area contributed by atoms with Gasteiger partial charge >= 0.3 is 11.9 Å². The highest BCUT2D eigenvalue weighted by Crippen LogP contribution is 2.34. The molecule has 3 saturated heterocycles. The number of aliphatic hydroxyl groups is 4. The molecule has 8 N–H and O–H groups in total. The topological polar surface area (TPSA) is 207 Å². The van der Waals surface area contributed by atoms with Gasteiger partial charge in [-0.1, -0.05) is 48.7 Å². The third kappa shape index (κ3) is 11.9. The van der Waals surface area contributed by atoms with Crippen LogP contribution in [0, 0.1) is 0 Å². The van der Waals surface area contributed by atoms with Crippen LogP contribution in [0.3, 0.4) is 0 Å². The van der Waals surface area contributed by atoms with E-state index in [1.807, 2.05) is 30.3 Å². The minimum atomic E-state index is -1.42. The van der Waals surface area contributed by atoms with Crippen molar-refractivity contribution in [2.24, 2.45) is 0 Å².